The molecule has 98 valence electrons. The molecule has 0 atom stereocenters. The molecule has 0 saturated heterocycles. The van der Waals surface area contributed by atoms with Crippen molar-refractivity contribution in [1.29, 1.82) is 0 Å². The van der Waals surface area contributed by atoms with Crippen LogP contribution < -0.4 is 17.2 Å². The molecule has 17 heavy (non-hydrogen) atoms. The molecule has 0 bridgehead atoms. The third-order valence-corrected chi connectivity index (χ3v) is 1.20. The van der Waals surface area contributed by atoms with Gasteiger partial charge in [0.1, 0.15) is 6.79 Å². The van der Waals surface area contributed by atoms with E-state index in [1.807, 2.05) is 6.79 Å². The van der Waals surface area contributed by atoms with Gasteiger partial charge in [-0.05, 0) is 0 Å². The Morgan fingerprint density at radius 2 is 1.18 bits per heavy atom. The summed E-state index contributed by atoms with van der Waals surface area (Å²) < 4.78 is 12.9. The van der Waals surface area contributed by atoms with E-state index in [4.69, 9.17) is 4.79 Å². The average Bonchev–Trinajstić information content (AvgIpc) is 2.17. The summed E-state index contributed by atoms with van der Waals surface area (Å²) >= 11 is 0. The molecule has 0 unspecified atom stereocenters. The van der Waals surface area contributed by atoms with Gasteiger partial charge in [0.25, 0.3) is 0 Å². The molecule has 0 aromatic rings. The second kappa shape index (κ2) is 7.73. The number of nitrogens with two attached hydrogens (primary N) is 3. The highest BCUT2D eigenvalue weighted by Crippen LogP contribution is 2.19. The fourth-order valence-corrected chi connectivity index (χ4v) is 0.739. The van der Waals surface area contributed by atoms with Crippen molar-refractivity contribution < 1.29 is 33.4 Å². The highest BCUT2D eigenvalue weighted by atomic mass is 16.9. The van der Waals surface area contributed by atoms with Crippen LogP contribution in [0.4, 0.5) is 14.4 Å². The molecule has 3 amide bonds. The van der Waals surface area contributed by atoms with Crippen LogP contribution in [0, 0.1) is 0 Å². The first-order valence-corrected chi connectivity index (χ1v) is 4.05. The van der Waals surface area contributed by atoms with Crippen molar-refractivity contribution in [3.8, 4) is 0 Å². The smallest absolute Gasteiger partial charge is 0.371 e. The van der Waals surface area contributed by atoms with E-state index in [0.29, 0.717) is 0 Å². The van der Waals surface area contributed by atoms with Crippen LogP contribution in [-0.2, 0) is 19.0 Å². The Morgan fingerprint density at radius 3 is 1.29 bits per heavy atom. The molecule has 0 saturated carbocycles. The molecule has 0 aliphatic carbocycles. The zero-order valence-corrected chi connectivity index (χ0v) is 9.00. The topological polar surface area (TPSA) is 174 Å². The lowest BCUT2D eigenvalue weighted by Crippen LogP contribution is -2.47. The van der Waals surface area contributed by atoms with Crippen LogP contribution in [0.2, 0.25) is 0 Å². The van der Waals surface area contributed by atoms with Crippen LogP contribution in [0.5, 0.6) is 0 Å². The van der Waals surface area contributed by atoms with Crippen LogP contribution in [0.25, 0.3) is 0 Å². The van der Waals surface area contributed by atoms with E-state index in [1.165, 1.54) is 6.92 Å². The van der Waals surface area contributed by atoms with Gasteiger partial charge in [-0.3, -0.25) is 0 Å². The molecule has 0 aliphatic rings. The van der Waals surface area contributed by atoms with Gasteiger partial charge in [-0.25, -0.2) is 14.4 Å². The van der Waals surface area contributed by atoms with Crippen molar-refractivity contribution in [2.24, 2.45) is 17.2 Å². The lowest BCUT2D eigenvalue weighted by molar-refractivity contribution is -0.296. The van der Waals surface area contributed by atoms with Crippen LogP contribution in [0.3, 0.4) is 0 Å². The molecule has 10 heteroatoms. The molecular weight excluding hydrogens is 238 g/mol. The zero-order chi connectivity index (χ0) is 14.1. The second-order valence-electron chi connectivity index (χ2n) is 2.30. The summed E-state index contributed by atoms with van der Waals surface area (Å²) in [5.74, 6) is -2.32. The van der Waals surface area contributed by atoms with E-state index in [1.54, 1.807) is 0 Å². The van der Waals surface area contributed by atoms with Gasteiger partial charge in [-0.1, -0.05) is 6.92 Å². The normalized spacial score (nSPS) is 9.24. The highest BCUT2D eigenvalue weighted by Gasteiger charge is 2.40. The average molecular weight is 251 g/mol. The first kappa shape index (κ1) is 16.9. The van der Waals surface area contributed by atoms with Gasteiger partial charge in [-0.15, -0.1) is 0 Å². The number of carbonyl (C=O) groups excluding carboxylic acids is 4. The van der Waals surface area contributed by atoms with Gasteiger partial charge in [0.2, 0.25) is 0 Å². The quantitative estimate of drug-likeness (QED) is 0.545. The van der Waals surface area contributed by atoms with Gasteiger partial charge in [-0.2, -0.15) is 0 Å². The summed E-state index contributed by atoms with van der Waals surface area (Å²) in [4.78, 5) is 39.4. The number of amides is 3. The fourth-order valence-electron chi connectivity index (χ4n) is 0.739. The minimum Gasteiger partial charge on any atom is -0.371 e. The maximum absolute atomic E-state index is 10.5. The Kier molecular flexibility index (Phi) is 7.68. The van der Waals surface area contributed by atoms with E-state index >= 15 is 0 Å². The second-order valence-corrected chi connectivity index (χ2v) is 2.30. The van der Waals surface area contributed by atoms with E-state index in [0.717, 1.165) is 0 Å². The Morgan fingerprint density at radius 1 is 0.941 bits per heavy atom. The monoisotopic (exact) mass is 251 g/mol. The van der Waals surface area contributed by atoms with E-state index in [2.05, 4.69) is 31.4 Å². The van der Waals surface area contributed by atoms with Crippen molar-refractivity contribution in [2.45, 2.75) is 19.3 Å². The Bertz CT molecular complexity index is 252. The van der Waals surface area contributed by atoms with Crippen LogP contribution in [-0.4, -0.2) is 31.0 Å². The maximum atomic E-state index is 10.5. The summed E-state index contributed by atoms with van der Waals surface area (Å²) in [6.07, 6.45) is -4.18. The molecule has 0 fully saturated rings. The SMILES string of the molecule is C=O.CCC(OC(N)=O)(OC(N)=O)OC(N)=O. The van der Waals surface area contributed by atoms with Gasteiger partial charge in [0, 0.05) is 0 Å². The zero-order valence-electron chi connectivity index (χ0n) is 9.00. The van der Waals surface area contributed by atoms with Crippen molar-refractivity contribution in [2.75, 3.05) is 0 Å². The molecule has 0 radical (unpaired) electrons. The van der Waals surface area contributed by atoms with Crippen molar-refractivity contribution in [1.82, 2.24) is 0 Å². The number of hydrogen-bond acceptors (Lipinski definition) is 7. The van der Waals surface area contributed by atoms with E-state index in [-0.39, 0.29) is 6.42 Å². The molecule has 0 aromatic heterocycles. The van der Waals surface area contributed by atoms with E-state index in [9.17, 15) is 14.4 Å². The molecule has 0 spiro atoms. The first-order valence-electron chi connectivity index (χ1n) is 4.05. The number of primary amides is 3. The maximum Gasteiger partial charge on any atom is 0.426 e. The first-order chi connectivity index (χ1) is 7.81. The number of rotatable bonds is 4. The van der Waals surface area contributed by atoms with Crippen molar-refractivity contribution in [3.63, 3.8) is 0 Å². The predicted octanol–water partition coefficient (Wildman–Crippen LogP) is -0.849. The minimum absolute atomic E-state index is 0.220. The summed E-state index contributed by atoms with van der Waals surface area (Å²) in [7, 11) is 0. The summed E-state index contributed by atoms with van der Waals surface area (Å²) in [5, 5.41) is 0. The summed E-state index contributed by atoms with van der Waals surface area (Å²) in [6.45, 7) is 3.38. The molecule has 6 N–H and O–H groups in total. The van der Waals surface area contributed by atoms with Gasteiger partial charge in [0.15, 0.2) is 0 Å². The summed E-state index contributed by atoms with van der Waals surface area (Å²) in [5.41, 5.74) is 14.0. The largest absolute Gasteiger partial charge is 0.426 e. The lowest BCUT2D eigenvalue weighted by Gasteiger charge is -2.27. The van der Waals surface area contributed by atoms with Gasteiger partial charge >= 0.3 is 24.3 Å². The molecule has 10 nitrogen and oxygen atoms in total. The predicted molar refractivity (Wildman–Crippen MR) is 52.1 cm³/mol. The minimum atomic E-state index is -2.32. The summed E-state index contributed by atoms with van der Waals surface area (Å²) in [6, 6.07) is 0. The number of hydrogen-bond donors (Lipinski definition) is 3. The number of carbonyl (C=O) groups is 4. The molecule has 0 rings (SSSR count). The Balaban J connectivity index is 0. The molecule has 0 aromatic carbocycles. The molecule has 0 heterocycles. The lowest BCUT2D eigenvalue weighted by atomic mass is 10.4. The highest BCUT2D eigenvalue weighted by molar-refractivity contribution is 5.69. The Hall–Kier alpha value is -2.52. The van der Waals surface area contributed by atoms with Gasteiger partial charge < -0.3 is 36.2 Å². The number of ether oxygens (including phenoxy) is 3. The van der Waals surface area contributed by atoms with Crippen LogP contribution >= 0.6 is 0 Å². The standard InChI is InChI=1S/C6H11N3O6.CH2O/c1-2-6(13-3(7)10,14-4(8)11)15-5(9)12;1-2/h2H2,1H3,(H2,7,10)(H2,8,11)(H2,9,12);1H2. The Labute approximate surface area is 95.9 Å². The molecule has 0 aliphatic heterocycles. The van der Waals surface area contributed by atoms with Crippen molar-refractivity contribution in [3.05, 3.63) is 0 Å². The van der Waals surface area contributed by atoms with Gasteiger partial charge in [0.05, 0.1) is 6.42 Å². The van der Waals surface area contributed by atoms with Crippen molar-refractivity contribution >= 4 is 25.1 Å². The molecular formula is C7H13N3O7. The fraction of sp³-hybridized carbons (Fsp3) is 0.429. The third kappa shape index (κ3) is 7.41. The third-order valence-electron chi connectivity index (χ3n) is 1.20. The van der Waals surface area contributed by atoms with E-state index < -0.39 is 24.3 Å². The van der Waals surface area contributed by atoms with Crippen LogP contribution in [0.1, 0.15) is 13.3 Å². The van der Waals surface area contributed by atoms with Crippen LogP contribution in [0.15, 0.2) is 0 Å².